The number of hydrogen-bond acceptors (Lipinski definition) is 2. The van der Waals surface area contributed by atoms with Gasteiger partial charge in [0.2, 0.25) is 0 Å². The topological polar surface area (TPSA) is 30.7 Å². The number of aryl methyl sites for hydroxylation is 1. The van der Waals surface area contributed by atoms with E-state index in [-0.39, 0.29) is 0 Å². The summed E-state index contributed by atoms with van der Waals surface area (Å²) in [6, 6.07) is 9.08. The van der Waals surface area contributed by atoms with Crippen LogP contribution in [0.5, 0.6) is 0 Å². The molecule has 3 nitrogen and oxygen atoms in total. The molecule has 20 heavy (non-hydrogen) atoms. The molecule has 6 heteroatoms. The molecule has 1 aromatic carbocycles. The molecule has 0 bridgehead atoms. The van der Waals surface area contributed by atoms with Gasteiger partial charge < -0.3 is 0 Å². The van der Waals surface area contributed by atoms with Crippen molar-refractivity contribution >= 4 is 46.0 Å². The lowest BCUT2D eigenvalue weighted by Gasteiger charge is -2.10. The summed E-state index contributed by atoms with van der Waals surface area (Å²) < 4.78 is 1.91. The van der Waals surface area contributed by atoms with Gasteiger partial charge in [-0.05, 0) is 30.3 Å². The summed E-state index contributed by atoms with van der Waals surface area (Å²) >= 11 is 18.2. The van der Waals surface area contributed by atoms with E-state index in [2.05, 4.69) is 9.97 Å². The third-order valence-electron chi connectivity index (χ3n) is 2.95. The number of fused-ring (bicyclic) bond motifs is 1. The van der Waals surface area contributed by atoms with E-state index in [4.69, 9.17) is 34.8 Å². The van der Waals surface area contributed by atoms with Gasteiger partial charge in [-0.2, -0.15) is 0 Å². The molecule has 0 aliphatic heterocycles. The van der Waals surface area contributed by atoms with E-state index < -0.39 is 0 Å². The van der Waals surface area contributed by atoms with Crippen LogP contribution in [0.3, 0.4) is 0 Å². The maximum atomic E-state index is 6.29. The molecule has 3 aromatic rings. The van der Waals surface area contributed by atoms with Gasteiger partial charge in [0.25, 0.3) is 0 Å². The third-order valence-corrected chi connectivity index (χ3v) is 3.70. The zero-order chi connectivity index (χ0) is 14.1. The van der Waals surface area contributed by atoms with Crippen LogP contribution in [0.15, 0.2) is 36.5 Å². The van der Waals surface area contributed by atoms with Gasteiger partial charge in [0.05, 0.1) is 10.7 Å². The van der Waals surface area contributed by atoms with Gasteiger partial charge >= 0.3 is 0 Å². The van der Waals surface area contributed by atoms with Gasteiger partial charge in [0, 0.05) is 23.5 Å². The smallest absolute Gasteiger partial charge is 0.164 e. The van der Waals surface area contributed by atoms with E-state index in [1.54, 1.807) is 24.4 Å². The van der Waals surface area contributed by atoms with Crippen LogP contribution in [-0.4, -0.2) is 20.4 Å². The van der Waals surface area contributed by atoms with Gasteiger partial charge in [-0.25, -0.2) is 9.97 Å². The fourth-order valence-electron chi connectivity index (χ4n) is 2.12. The minimum absolute atomic E-state index is 0.474. The maximum Gasteiger partial charge on any atom is 0.164 e. The molecule has 0 amide bonds. The molecule has 102 valence electrons. The Balaban J connectivity index is 2.33. The van der Waals surface area contributed by atoms with E-state index >= 15 is 0 Å². The van der Waals surface area contributed by atoms with E-state index in [1.807, 2.05) is 16.7 Å². The first-order valence-corrected chi connectivity index (χ1v) is 7.33. The highest BCUT2D eigenvalue weighted by Crippen LogP contribution is 2.28. The number of benzene rings is 1. The number of halogens is 3. The molecule has 0 fully saturated rings. The predicted octanol–water partition coefficient (Wildman–Crippen LogP) is 4.51. The largest absolute Gasteiger partial charge is 0.279 e. The van der Waals surface area contributed by atoms with Gasteiger partial charge in [0.15, 0.2) is 5.65 Å². The normalized spacial score (nSPS) is 11.2. The molecule has 0 N–H and O–H groups in total. The van der Waals surface area contributed by atoms with Crippen molar-refractivity contribution in [2.75, 3.05) is 5.88 Å². The Morgan fingerprint density at radius 2 is 2.00 bits per heavy atom. The second-order valence-electron chi connectivity index (χ2n) is 4.24. The minimum atomic E-state index is 0.474. The highest BCUT2D eigenvalue weighted by Gasteiger charge is 2.15. The monoisotopic (exact) mass is 325 g/mol. The molecule has 0 atom stereocenters. The number of aromatic nitrogens is 3. The maximum absolute atomic E-state index is 6.29. The van der Waals surface area contributed by atoms with Crippen molar-refractivity contribution < 1.29 is 0 Å². The predicted molar refractivity (Wildman–Crippen MR) is 83.3 cm³/mol. The zero-order valence-electron chi connectivity index (χ0n) is 10.4. The van der Waals surface area contributed by atoms with E-state index in [0.717, 1.165) is 22.7 Å². The average molecular weight is 327 g/mol. The second-order valence-corrected chi connectivity index (χ2v) is 5.47. The van der Waals surface area contributed by atoms with Crippen LogP contribution in [0.1, 0.15) is 5.82 Å². The van der Waals surface area contributed by atoms with E-state index in [1.165, 1.54) is 0 Å². The molecule has 0 aliphatic rings. The summed E-state index contributed by atoms with van der Waals surface area (Å²) in [4.78, 5) is 8.95. The molecule has 0 spiro atoms. The fraction of sp³-hybridized carbons (Fsp3) is 0.143. The van der Waals surface area contributed by atoms with Crippen molar-refractivity contribution in [3.8, 4) is 5.69 Å². The highest BCUT2D eigenvalue weighted by atomic mass is 35.5. The SMILES string of the molecule is ClCCc1nc2cccnc2n1-c1cc(Cl)ccc1Cl. The molecule has 2 aromatic heterocycles. The van der Waals surface area contributed by atoms with Crippen molar-refractivity contribution in [2.24, 2.45) is 0 Å². The summed E-state index contributed by atoms with van der Waals surface area (Å²) in [6.07, 6.45) is 2.35. The molecule has 0 saturated heterocycles. The van der Waals surface area contributed by atoms with Crippen molar-refractivity contribution in [2.45, 2.75) is 6.42 Å². The lowest BCUT2D eigenvalue weighted by Crippen LogP contribution is -2.03. The van der Waals surface area contributed by atoms with Crippen LogP contribution >= 0.6 is 34.8 Å². The first-order chi connectivity index (χ1) is 9.70. The van der Waals surface area contributed by atoms with E-state index in [9.17, 15) is 0 Å². The van der Waals surface area contributed by atoms with Crippen LogP contribution in [0.25, 0.3) is 16.9 Å². The fourth-order valence-corrected chi connectivity index (χ4v) is 2.66. The van der Waals surface area contributed by atoms with E-state index in [0.29, 0.717) is 22.3 Å². The number of hydrogen-bond donors (Lipinski definition) is 0. The first kappa shape index (κ1) is 13.7. The van der Waals surface area contributed by atoms with Gasteiger partial charge in [-0.1, -0.05) is 23.2 Å². The Labute approximate surface area is 131 Å². The van der Waals surface area contributed by atoms with Crippen molar-refractivity contribution in [1.29, 1.82) is 0 Å². The first-order valence-electron chi connectivity index (χ1n) is 6.04. The average Bonchev–Trinajstić information content (AvgIpc) is 2.80. The number of pyridine rings is 1. The molecule has 2 heterocycles. The summed E-state index contributed by atoms with van der Waals surface area (Å²) in [6.45, 7) is 0. The Hall–Kier alpha value is -1.29. The Morgan fingerprint density at radius 1 is 1.15 bits per heavy atom. The number of rotatable bonds is 3. The van der Waals surface area contributed by atoms with Gasteiger partial charge in [-0.15, -0.1) is 11.6 Å². The lowest BCUT2D eigenvalue weighted by molar-refractivity contribution is 0.905. The van der Waals surface area contributed by atoms with Crippen molar-refractivity contribution in [3.63, 3.8) is 0 Å². The molecular weight excluding hydrogens is 317 g/mol. The Kier molecular flexibility index (Phi) is 3.83. The molecule has 0 aliphatic carbocycles. The zero-order valence-corrected chi connectivity index (χ0v) is 12.6. The molecule has 0 unspecified atom stereocenters. The summed E-state index contributed by atoms with van der Waals surface area (Å²) in [5, 5.41) is 1.20. The van der Waals surface area contributed by atoms with Crippen molar-refractivity contribution in [3.05, 3.63) is 52.4 Å². The van der Waals surface area contributed by atoms with Crippen LogP contribution in [0, 0.1) is 0 Å². The molecular formula is C14H10Cl3N3. The number of nitrogens with zero attached hydrogens (tertiary/aromatic N) is 3. The van der Waals surface area contributed by atoms with Crippen LogP contribution < -0.4 is 0 Å². The molecule has 0 radical (unpaired) electrons. The highest BCUT2D eigenvalue weighted by molar-refractivity contribution is 6.34. The molecule has 3 rings (SSSR count). The standard InChI is InChI=1S/C14H10Cl3N3/c15-6-5-13-19-11-2-1-7-18-14(11)20(13)12-8-9(16)3-4-10(12)17/h1-4,7-8H,5-6H2. The molecule has 0 saturated carbocycles. The number of alkyl halides is 1. The summed E-state index contributed by atoms with van der Waals surface area (Å²) in [7, 11) is 0. The Bertz CT molecular complexity index is 767. The minimum Gasteiger partial charge on any atom is -0.279 e. The van der Waals surface area contributed by atoms with Crippen LogP contribution in [0.2, 0.25) is 10.0 Å². The summed E-state index contributed by atoms with van der Waals surface area (Å²) in [5.41, 5.74) is 2.32. The lowest BCUT2D eigenvalue weighted by atomic mass is 10.3. The van der Waals surface area contributed by atoms with Gasteiger partial charge in [-0.3, -0.25) is 4.57 Å². The second kappa shape index (κ2) is 5.60. The van der Waals surface area contributed by atoms with Crippen LogP contribution in [0.4, 0.5) is 0 Å². The summed E-state index contributed by atoms with van der Waals surface area (Å²) in [5.74, 6) is 1.29. The number of imidazole rings is 1. The third kappa shape index (κ3) is 2.37. The quantitative estimate of drug-likeness (QED) is 0.663. The van der Waals surface area contributed by atoms with Gasteiger partial charge in [0.1, 0.15) is 11.3 Å². The van der Waals surface area contributed by atoms with Crippen molar-refractivity contribution in [1.82, 2.24) is 14.5 Å². The van der Waals surface area contributed by atoms with Crippen LogP contribution in [-0.2, 0) is 6.42 Å². The Morgan fingerprint density at radius 3 is 2.80 bits per heavy atom.